The first kappa shape index (κ1) is 65.0. The normalized spacial score (nSPS) is 32.4. The van der Waals surface area contributed by atoms with Gasteiger partial charge in [-0.05, 0) is 101 Å². The van der Waals surface area contributed by atoms with Gasteiger partial charge in [-0.3, -0.25) is 28.8 Å². The van der Waals surface area contributed by atoms with Gasteiger partial charge in [0, 0.05) is 36.4 Å². The Hall–Kier alpha value is -4.20. The minimum Gasteiger partial charge on any atom is -0.461 e. The number of hydrogen-bond acceptors (Lipinski definition) is 18. The van der Waals surface area contributed by atoms with E-state index in [2.05, 4.69) is 9.97 Å². The van der Waals surface area contributed by atoms with Gasteiger partial charge in [0.25, 0.3) is 0 Å². The summed E-state index contributed by atoms with van der Waals surface area (Å²) in [5.41, 5.74) is 0.532. The molecule has 2 N–H and O–H groups in total. The van der Waals surface area contributed by atoms with Crippen LogP contribution < -0.4 is 0 Å². The zero-order valence-corrected chi connectivity index (χ0v) is 51.3. The van der Waals surface area contributed by atoms with Crippen LogP contribution in [0.25, 0.3) is 12.2 Å². The third-order valence-corrected chi connectivity index (χ3v) is 18.9. The smallest absolute Gasteiger partial charge is 0.309 e. The van der Waals surface area contributed by atoms with Crippen molar-refractivity contribution in [1.29, 1.82) is 0 Å². The average molecular weight is 1150 g/mol. The molecule has 0 unspecified atom stereocenters. The number of aromatic nitrogens is 2. The van der Waals surface area contributed by atoms with E-state index in [9.17, 15) is 39.0 Å². The molecule has 6 rings (SSSR count). The lowest BCUT2D eigenvalue weighted by molar-refractivity contribution is -0.163. The number of Topliss-reactive ketones (excluding diaryl/α,β-unsaturated/α-hetero) is 2. The predicted molar refractivity (Wildman–Crippen MR) is 307 cm³/mol. The van der Waals surface area contributed by atoms with Gasteiger partial charge in [0.05, 0.1) is 93.5 Å². The van der Waals surface area contributed by atoms with Gasteiger partial charge in [-0.2, -0.15) is 0 Å². The van der Waals surface area contributed by atoms with Gasteiger partial charge in [-0.15, -0.1) is 22.7 Å². The van der Waals surface area contributed by atoms with Crippen molar-refractivity contribution in [2.45, 2.75) is 260 Å². The number of aliphatic hydroxyl groups excluding tert-OH is 2. The molecule has 2 aromatic rings. The first-order chi connectivity index (χ1) is 37.7. The highest BCUT2D eigenvalue weighted by Crippen LogP contribution is 2.40. The van der Waals surface area contributed by atoms with E-state index in [4.69, 9.17) is 28.4 Å². The Morgan fingerprint density at radius 2 is 0.963 bits per heavy atom. The summed E-state index contributed by atoms with van der Waals surface area (Å²) in [5.74, 6) is -4.44. The minimum absolute atomic E-state index is 0.000570. The standard InChI is InChI=1S/C62H92N2O14S2/c1-35-21-19-23-45-49(73-45)29-47(37(3)27-43-33-79-41(7)63-43)75-55(69)31-51(65)61(9,10)59(71)39(5)57(35)77-53(67)25-17-15-13-14-16-18-26-54(68)78-58-36(2)22-20-24-46-50(74-46)30-48(38(4)28-44-34-80-42(8)64-44)76-56(70)32-52(66)62(11,12)60(72)40(58)6/h27-28,33-36,39-40,45-52,57-58,65-66H,13-26,29-32H2,1-12H3/b37-27+,38-28+/t35-,36-,39+,40+,45+,46+,47-,48-,49-,50-,51-,52-,57-,58-/m0/s1. The number of esters is 4. The molecule has 16 nitrogen and oxygen atoms in total. The summed E-state index contributed by atoms with van der Waals surface area (Å²) in [4.78, 5) is 91.3. The second-order valence-corrected chi connectivity index (χ2v) is 26.9. The highest BCUT2D eigenvalue weighted by molar-refractivity contribution is 7.09. The fraction of sp³-hybridized carbons (Fsp3) is 0.742. The Kier molecular flexibility index (Phi) is 23.8. The van der Waals surface area contributed by atoms with E-state index in [1.165, 1.54) is 22.7 Å². The number of cyclic esters (lactones) is 2. The van der Waals surface area contributed by atoms with Crippen LogP contribution in [0.3, 0.4) is 0 Å². The first-order valence-corrected chi connectivity index (χ1v) is 31.2. The number of aliphatic hydroxyl groups is 2. The first-order valence-electron chi connectivity index (χ1n) is 29.5. The number of aryl methyl sites for hydroxylation is 2. The number of epoxide rings is 2. The summed E-state index contributed by atoms with van der Waals surface area (Å²) < 4.78 is 36.4. The molecule has 6 heterocycles. The van der Waals surface area contributed by atoms with Gasteiger partial charge in [-0.25, -0.2) is 9.97 Å². The zero-order chi connectivity index (χ0) is 58.6. The van der Waals surface area contributed by atoms with Crippen molar-refractivity contribution in [3.63, 3.8) is 0 Å². The molecule has 18 heteroatoms. The van der Waals surface area contributed by atoms with Crippen molar-refractivity contribution in [3.8, 4) is 0 Å². The van der Waals surface area contributed by atoms with Crippen LogP contribution in [0.2, 0.25) is 0 Å². The molecule has 2 aromatic heterocycles. The maximum absolute atomic E-state index is 14.2. The van der Waals surface area contributed by atoms with E-state index in [0.717, 1.165) is 83.9 Å². The van der Waals surface area contributed by atoms with Gasteiger partial charge >= 0.3 is 23.9 Å². The van der Waals surface area contributed by atoms with Crippen molar-refractivity contribution < 1.29 is 67.4 Å². The van der Waals surface area contributed by atoms with Crippen LogP contribution in [-0.4, -0.2) is 117 Å². The third kappa shape index (κ3) is 18.7. The van der Waals surface area contributed by atoms with E-state index >= 15 is 0 Å². The number of unbranched alkanes of at least 4 members (excludes halogenated alkanes) is 5. The molecular weight excluding hydrogens is 1060 g/mol. The molecule has 14 atom stereocenters. The van der Waals surface area contributed by atoms with E-state index in [-0.39, 0.29) is 85.4 Å². The molecule has 0 amide bonds. The molecule has 4 aliphatic rings. The van der Waals surface area contributed by atoms with Gasteiger partial charge < -0.3 is 38.6 Å². The van der Waals surface area contributed by atoms with Crippen molar-refractivity contribution >= 4 is 70.3 Å². The number of thiazole rings is 2. The molecule has 0 saturated carbocycles. The maximum atomic E-state index is 14.2. The van der Waals surface area contributed by atoms with Crippen LogP contribution >= 0.6 is 22.7 Å². The Labute approximate surface area is 482 Å². The summed E-state index contributed by atoms with van der Waals surface area (Å²) in [5, 5.41) is 28.6. The number of carbonyl (C=O) groups is 6. The molecule has 0 radical (unpaired) electrons. The lowest BCUT2D eigenvalue weighted by atomic mass is 9.73. The van der Waals surface area contributed by atoms with Crippen molar-refractivity contribution in [3.05, 3.63) is 43.3 Å². The van der Waals surface area contributed by atoms with E-state index in [1.807, 2.05) is 64.5 Å². The summed E-state index contributed by atoms with van der Waals surface area (Å²) in [6, 6.07) is 0. The Bertz CT molecular complexity index is 2330. The third-order valence-electron chi connectivity index (χ3n) is 17.3. The molecular formula is C62H92N2O14S2. The minimum atomic E-state index is -1.34. The molecule has 80 heavy (non-hydrogen) atoms. The van der Waals surface area contributed by atoms with Crippen LogP contribution in [-0.2, 0) is 57.2 Å². The van der Waals surface area contributed by atoms with E-state index < -0.39 is 71.2 Å². The lowest BCUT2D eigenvalue weighted by Crippen LogP contribution is -2.47. The number of nitrogens with zero attached hydrogens (tertiary/aromatic N) is 2. The Morgan fingerprint density at radius 1 is 0.600 bits per heavy atom. The number of hydrogen-bond donors (Lipinski definition) is 2. The van der Waals surface area contributed by atoms with Gasteiger partial charge in [0.15, 0.2) is 0 Å². The number of rotatable bonds is 15. The van der Waals surface area contributed by atoms with E-state index in [1.54, 1.807) is 41.5 Å². The topological polar surface area (TPSA) is 231 Å². The molecule has 0 bridgehead atoms. The monoisotopic (exact) mass is 1150 g/mol. The van der Waals surface area contributed by atoms with Crippen LogP contribution in [0.5, 0.6) is 0 Å². The SMILES string of the molecule is C/C(=C\c1csc(C)n1)[C@@H]1C[C@@H]2O[C@@H]2CCC[C@H](C)[C@H](OC(=O)CCCCCCCCC(=O)O[C@H]2[C@@H](C)CCC[C@H]3O[C@H]3C[C@@H](/C(C)=C/c3csc(C)n3)OC(=O)C[C@H](O)C(C)(C)C(=O)[C@@H]2C)[C@@H](C)C(=O)C(C)(C)[C@@H](O)CC(=O)O1. The largest absolute Gasteiger partial charge is 0.461 e. The second kappa shape index (κ2) is 29.4. The molecule has 446 valence electrons. The van der Waals surface area contributed by atoms with Crippen molar-refractivity contribution in [1.82, 2.24) is 9.97 Å². The van der Waals surface area contributed by atoms with Crippen LogP contribution in [0.4, 0.5) is 0 Å². The highest BCUT2D eigenvalue weighted by Gasteiger charge is 2.48. The van der Waals surface area contributed by atoms with E-state index in [0.29, 0.717) is 38.5 Å². The number of fused-ring (bicyclic) bond motifs is 2. The predicted octanol–water partition coefficient (Wildman–Crippen LogP) is 11.4. The summed E-state index contributed by atoms with van der Waals surface area (Å²) in [6.07, 6.45) is 7.76. The highest BCUT2D eigenvalue weighted by atomic mass is 32.1. The van der Waals surface area contributed by atoms with Gasteiger partial charge in [0.2, 0.25) is 0 Å². The molecule has 4 saturated heterocycles. The van der Waals surface area contributed by atoms with Crippen molar-refractivity contribution in [2.24, 2.45) is 34.5 Å². The molecule has 0 aliphatic carbocycles. The summed E-state index contributed by atoms with van der Waals surface area (Å²) in [7, 11) is 0. The Morgan fingerprint density at radius 3 is 1.31 bits per heavy atom. The van der Waals surface area contributed by atoms with Crippen LogP contribution in [0.15, 0.2) is 21.9 Å². The number of ketones is 2. The maximum Gasteiger partial charge on any atom is 0.309 e. The molecule has 4 aliphatic heterocycles. The van der Waals surface area contributed by atoms with Gasteiger partial charge in [0.1, 0.15) is 36.0 Å². The van der Waals surface area contributed by atoms with Gasteiger partial charge in [-0.1, -0.05) is 93.9 Å². The fourth-order valence-electron chi connectivity index (χ4n) is 11.6. The number of carbonyl (C=O) groups excluding carboxylic acids is 6. The summed E-state index contributed by atoms with van der Waals surface area (Å²) in [6.45, 7) is 21.6. The molecule has 0 spiro atoms. The zero-order valence-electron chi connectivity index (χ0n) is 49.6. The number of ether oxygens (including phenoxy) is 6. The lowest BCUT2D eigenvalue weighted by Gasteiger charge is -2.36. The Balaban J connectivity index is 0.953. The molecule has 0 aromatic carbocycles. The fourth-order valence-corrected chi connectivity index (χ4v) is 12.8. The van der Waals surface area contributed by atoms with Crippen molar-refractivity contribution in [2.75, 3.05) is 0 Å². The molecule has 4 fully saturated rings. The second-order valence-electron chi connectivity index (χ2n) is 24.7. The van der Waals surface area contributed by atoms with Crippen LogP contribution in [0.1, 0.15) is 206 Å². The average Bonchev–Trinajstić information content (AvgIpc) is 4.23. The quantitative estimate of drug-likeness (QED) is 0.0731. The van der Waals surface area contributed by atoms with Crippen LogP contribution in [0, 0.1) is 48.3 Å². The summed E-state index contributed by atoms with van der Waals surface area (Å²) >= 11 is 3.07.